The summed E-state index contributed by atoms with van der Waals surface area (Å²) in [5.74, 6) is 0.715. The zero-order chi connectivity index (χ0) is 12.8. The van der Waals surface area contributed by atoms with Crippen molar-refractivity contribution in [3.63, 3.8) is 0 Å². The summed E-state index contributed by atoms with van der Waals surface area (Å²) in [6.45, 7) is 4.68. The number of rotatable bonds is 5. The molecule has 0 atom stereocenters. The highest BCUT2D eigenvalue weighted by atomic mass is 16.5. The Hall–Kier alpha value is -1.78. The van der Waals surface area contributed by atoms with Crippen LogP contribution in [0.25, 0.3) is 0 Å². The number of nitrogens with zero attached hydrogens (tertiary/aromatic N) is 2. The van der Waals surface area contributed by atoms with Crippen LogP contribution in [-0.2, 0) is 17.7 Å². The lowest BCUT2D eigenvalue weighted by Crippen LogP contribution is -2.09. The number of hydrogen-bond donors (Lipinski definition) is 1. The number of ether oxygens (including phenoxy) is 1. The molecule has 0 radical (unpaired) electrons. The predicted octanol–water partition coefficient (Wildman–Crippen LogP) is 1.78. The van der Waals surface area contributed by atoms with Gasteiger partial charge in [-0.05, 0) is 13.3 Å². The van der Waals surface area contributed by atoms with Gasteiger partial charge in [-0.3, -0.25) is 0 Å². The monoisotopic (exact) mass is 237 g/mol. The number of carbonyl (C=O) groups is 1. The number of nitrogen functional groups attached to an aromatic ring is 1. The SMILES string of the molecule is C/C=C/CCn1c(CC)nc(C(=O)OC)c1N. The molecule has 0 fully saturated rings. The summed E-state index contributed by atoms with van der Waals surface area (Å²) in [6, 6.07) is 0. The summed E-state index contributed by atoms with van der Waals surface area (Å²) < 4.78 is 6.51. The van der Waals surface area contributed by atoms with E-state index in [0.29, 0.717) is 5.82 Å². The van der Waals surface area contributed by atoms with E-state index >= 15 is 0 Å². The van der Waals surface area contributed by atoms with Crippen molar-refractivity contribution in [3.05, 3.63) is 23.7 Å². The van der Waals surface area contributed by atoms with Crippen LogP contribution in [-0.4, -0.2) is 22.6 Å². The number of carbonyl (C=O) groups excluding carboxylic acids is 1. The van der Waals surface area contributed by atoms with Crippen molar-refractivity contribution >= 4 is 11.8 Å². The van der Waals surface area contributed by atoms with Crippen LogP contribution >= 0.6 is 0 Å². The Bertz CT molecular complexity index is 422. The smallest absolute Gasteiger partial charge is 0.360 e. The number of nitrogens with two attached hydrogens (primary N) is 1. The molecule has 5 heteroatoms. The van der Waals surface area contributed by atoms with Gasteiger partial charge in [0.2, 0.25) is 0 Å². The average molecular weight is 237 g/mol. The van der Waals surface area contributed by atoms with E-state index < -0.39 is 5.97 Å². The van der Waals surface area contributed by atoms with Crippen molar-refractivity contribution in [2.24, 2.45) is 0 Å². The van der Waals surface area contributed by atoms with Gasteiger partial charge in [-0.2, -0.15) is 0 Å². The van der Waals surface area contributed by atoms with Gasteiger partial charge >= 0.3 is 5.97 Å². The number of aryl methyl sites for hydroxylation is 1. The van der Waals surface area contributed by atoms with E-state index in [4.69, 9.17) is 5.73 Å². The maximum Gasteiger partial charge on any atom is 0.360 e. The second-order valence-electron chi connectivity index (χ2n) is 3.62. The summed E-state index contributed by atoms with van der Waals surface area (Å²) in [6.07, 6.45) is 5.64. The van der Waals surface area contributed by atoms with Crippen LogP contribution < -0.4 is 5.73 Å². The Kier molecular flexibility index (Phi) is 4.75. The molecule has 0 bridgehead atoms. The van der Waals surface area contributed by atoms with Crippen LogP contribution in [0.2, 0.25) is 0 Å². The van der Waals surface area contributed by atoms with Gasteiger partial charge in [0.25, 0.3) is 0 Å². The van der Waals surface area contributed by atoms with Crippen LogP contribution in [0.4, 0.5) is 5.82 Å². The highest BCUT2D eigenvalue weighted by Crippen LogP contribution is 2.16. The van der Waals surface area contributed by atoms with Gasteiger partial charge in [-0.1, -0.05) is 19.1 Å². The Morgan fingerprint density at radius 1 is 1.59 bits per heavy atom. The first-order valence-corrected chi connectivity index (χ1v) is 5.70. The maximum absolute atomic E-state index is 11.5. The maximum atomic E-state index is 11.5. The Morgan fingerprint density at radius 3 is 2.82 bits per heavy atom. The molecule has 1 aromatic rings. The third kappa shape index (κ3) is 2.87. The molecule has 0 spiro atoms. The Balaban J connectivity index is 3.01. The van der Waals surface area contributed by atoms with Gasteiger partial charge in [0.05, 0.1) is 7.11 Å². The molecule has 0 amide bonds. The molecule has 0 aromatic carbocycles. The Morgan fingerprint density at radius 2 is 2.29 bits per heavy atom. The fourth-order valence-electron chi connectivity index (χ4n) is 1.65. The van der Waals surface area contributed by atoms with Gasteiger partial charge in [0, 0.05) is 13.0 Å². The molecular formula is C12H19N3O2. The van der Waals surface area contributed by atoms with Crippen molar-refractivity contribution in [1.82, 2.24) is 9.55 Å². The average Bonchev–Trinajstić information content (AvgIpc) is 2.66. The van der Waals surface area contributed by atoms with Crippen LogP contribution in [0.1, 0.15) is 36.6 Å². The summed E-state index contributed by atoms with van der Waals surface area (Å²) in [7, 11) is 1.33. The molecule has 1 aromatic heterocycles. The van der Waals surface area contributed by atoms with E-state index in [1.807, 2.05) is 24.5 Å². The lowest BCUT2D eigenvalue weighted by molar-refractivity contribution is 0.0595. The molecule has 0 aliphatic rings. The standard InChI is InChI=1S/C12H19N3O2/c1-4-6-7-8-15-9(5-2)14-10(11(15)13)12(16)17-3/h4,6H,5,7-8,13H2,1-3H3/b6-4+. The first-order chi connectivity index (χ1) is 8.15. The van der Waals surface area contributed by atoms with Gasteiger partial charge in [-0.15, -0.1) is 0 Å². The van der Waals surface area contributed by atoms with Crippen molar-refractivity contribution in [3.8, 4) is 0 Å². The first kappa shape index (κ1) is 13.3. The summed E-state index contributed by atoms with van der Waals surface area (Å²) in [5.41, 5.74) is 6.13. The number of anilines is 1. The summed E-state index contributed by atoms with van der Waals surface area (Å²) in [4.78, 5) is 15.7. The number of esters is 1. The fraction of sp³-hybridized carbons (Fsp3) is 0.500. The van der Waals surface area contributed by atoms with E-state index in [-0.39, 0.29) is 5.69 Å². The molecule has 1 heterocycles. The first-order valence-electron chi connectivity index (χ1n) is 5.70. The van der Waals surface area contributed by atoms with E-state index in [1.54, 1.807) is 0 Å². The molecule has 5 nitrogen and oxygen atoms in total. The summed E-state index contributed by atoms with van der Waals surface area (Å²) >= 11 is 0. The van der Waals surface area contributed by atoms with Crippen LogP contribution in [0, 0.1) is 0 Å². The van der Waals surface area contributed by atoms with E-state index in [2.05, 4.69) is 15.8 Å². The molecular weight excluding hydrogens is 218 g/mol. The van der Waals surface area contributed by atoms with Gasteiger partial charge in [0.1, 0.15) is 11.6 Å². The number of allylic oxidation sites excluding steroid dienone is 2. The molecule has 0 saturated carbocycles. The van der Waals surface area contributed by atoms with Gasteiger partial charge < -0.3 is 15.0 Å². The minimum atomic E-state index is -0.484. The molecule has 0 aliphatic carbocycles. The third-order valence-electron chi connectivity index (χ3n) is 2.54. The molecule has 17 heavy (non-hydrogen) atoms. The normalized spacial score (nSPS) is 11.0. The fourth-order valence-corrected chi connectivity index (χ4v) is 1.65. The Labute approximate surface area is 101 Å². The summed E-state index contributed by atoms with van der Waals surface area (Å²) in [5, 5.41) is 0. The lowest BCUT2D eigenvalue weighted by atomic mass is 10.3. The molecule has 94 valence electrons. The molecule has 1 rings (SSSR count). The number of hydrogen-bond acceptors (Lipinski definition) is 4. The highest BCUT2D eigenvalue weighted by Gasteiger charge is 2.19. The minimum Gasteiger partial charge on any atom is -0.464 e. The zero-order valence-corrected chi connectivity index (χ0v) is 10.6. The van der Waals surface area contributed by atoms with Crippen molar-refractivity contribution in [2.75, 3.05) is 12.8 Å². The largest absolute Gasteiger partial charge is 0.464 e. The van der Waals surface area contributed by atoms with Crippen LogP contribution in [0.5, 0.6) is 0 Å². The topological polar surface area (TPSA) is 70.1 Å². The van der Waals surface area contributed by atoms with E-state index in [0.717, 1.165) is 25.2 Å². The van der Waals surface area contributed by atoms with E-state index in [9.17, 15) is 4.79 Å². The van der Waals surface area contributed by atoms with Gasteiger partial charge in [-0.25, -0.2) is 9.78 Å². The second-order valence-corrected chi connectivity index (χ2v) is 3.62. The van der Waals surface area contributed by atoms with Crippen molar-refractivity contribution in [1.29, 1.82) is 0 Å². The quantitative estimate of drug-likeness (QED) is 0.626. The molecule has 0 aliphatic heterocycles. The predicted molar refractivity (Wildman–Crippen MR) is 66.8 cm³/mol. The molecule has 0 saturated heterocycles. The third-order valence-corrected chi connectivity index (χ3v) is 2.54. The number of methoxy groups -OCH3 is 1. The highest BCUT2D eigenvalue weighted by molar-refractivity contribution is 5.92. The van der Waals surface area contributed by atoms with Gasteiger partial charge in [0.15, 0.2) is 5.69 Å². The minimum absolute atomic E-state index is 0.213. The zero-order valence-electron chi connectivity index (χ0n) is 10.6. The number of imidazole rings is 1. The van der Waals surface area contributed by atoms with Crippen LogP contribution in [0.15, 0.2) is 12.2 Å². The van der Waals surface area contributed by atoms with Crippen molar-refractivity contribution < 1.29 is 9.53 Å². The number of aromatic nitrogens is 2. The van der Waals surface area contributed by atoms with Crippen LogP contribution in [0.3, 0.4) is 0 Å². The second kappa shape index (κ2) is 6.08. The molecule has 2 N–H and O–H groups in total. The van der Waals surface area contributed by atoms with Crippen molar-refractivity contribution in [2.45, 2.75) is 33.2 Å². The molecule has 0 unspecified atom stereocenters. The van der Waals surface area contributed by atoms with E-state index in [1.165, 1.54) is 7.11 Å². The lowest BCUT2D eigenvalue weighted by Gasteiger charge is -2.06.